The molecule has 4 atom stereocenters. The number of amides is 6. The molecule has 346 valence electrons. The van der Waals surface area contributed by atoms with Crippen molar-refractivity contribution in [2.24, 2.45) is 0 Å². The molecule has 0 aliphatic heterocycles. The van der Waals surface area contributed by atoms with Crippen molar-refractivity contribution in [2.45, 2.75) is 24.4 Å². The lowest BCUT2D eigenvalue weighted by molar-refractivity contribution is -0.136. The number of aliphatic hydroxyl groups is 10. The maximum Gasteiger partial charge on any atom is 0.317 e. The zero-order valence-electron chi connectivity index (χ0n) is 31.9. The van der Waals surface area contributed by atoms with Gasteiger partial charge in [0.25, 0.3) is 23.6 Å². The molecule has 0 aromatic heterocycles. The quantitative estimate of drug-likeness (QED) is 0.0413. The molecule has 62 heavy (non-hydrogen) atoms. The molecule has 2 aromatic carbocycles. The van der Waals surface area contributed by atoms with E-state index in [4.69, 9.17) is 0 Å². The lowest BCUT2D eigenvalue weighted by Gasteiger charge is -2.31. The van der Waals surface area contributed by atoms with E-state index < -0.39 is 139 Å². The van der Waals surface area contributed by atoms with Gasteiger partial charge in [0.2, 0.25) is 0 Å². The summed E-state index contributed by atoms with van der Waals surface area (Å²) in [6.07, 6.45) is -5.53. The van der Waals surface area contributed by atoms with Crippen LogP contribution in [0.3, 0.4) is 0 Å². The summed E-state index contributed by atoms with van der Waals surface area (Å²) < 4.78 is -0.116. The lowest BCUT2D eigenvalue weighted by atomic mass is 10.1. The number of carbonyl (C=O) groups is 6. The van der Waals surface area contributed by atoms with E-state index in [-0.39, 0.29) is 55.0 Å². The first-order valence-corrected chi connectivity index (χ1v) is 24.2. The van der Waals surface area contributed by atoms with Crippen LogP contribution in [0, 0.1) is 21.4 Å². The van der Waals surface area contributed by atoms with Gasteiger partial charge in [0.05, 0.1) is 112 Å². The summed E-state index contributed by atoms with van der Waals surface area (Å²) >= 11 is 10.1. The second kappa shape index (κ2) is 27.8. The summed E-state index contributed by atoms with van der Waals surface area (Å²) in [5, 5.41) is 107. The first-order valence-electron chi connectivity index (χ1n) is 17.7. The fourth-order valence-corrected chi connectivity index (χ4v) is 14.5. The Morgan fingerprint density at radius 1 is 0.403 bits per heavy atom. The Bertz CT molecular complexity index is 1740. The van der Waals surface area contributed by atoms with Crippen LogP contribution >= 0.6 is 136 Å². The van der Waals surface area contributed by atoms with Gasteiger partial charge in [-0.1, -0.05) is 0 Å². The second-order valence-electron chi connectivity index (χ2n) is 12.6. The van der Waals surface area contributed by atoms with Crippen molar-refractivity contribution in [1.29, 1.82) is 0 Å². The molecule has 0 bridgehead atoms. The number of carbonyl (C=O) groups excluding carboxylic acids is 6. The average Bonchev–Trinajstić information content (AvgIpc) is 3.24. The van der Waals surface area contributed by atoms with Crippen molar-refractivity contribution in [3.05, 3.63) is 43.7 Å². The first kappa shape index (κ1) is 57.4. The van der Waals surface area contributed by atoms with E-state index in [1.54, 1.807) is 136 Å². The summed E-state index contributed by atoms with van der Waals surface area (Å²) in [5.41, 5.74) is -1.41. The van der Waals surface area contributed by atoms with E-state index in [9.17, 15) is 79.8 Å². The van der Waals surface area contributed by atoms with Gasteiger partial charge in [-0.15, -0.1) is 0 Å². The van der Waals surface area contributed by atoms with Gasteiger partial charge in [-0.25, -0.2) is 0 Å². The molecule has 0 spiro atoms. The van der Waals surface area contributed by atoms with Crippen LogP contribution in [0.15, 0.2) is 0 Å². The smallest absolute Gasteiger partial charge is 0.317 e. The molecular weight excluding hydrogens is 1510 g/mol. The van der Waals surface area contributed by atoms with Gasteiger partial charge >= 0.3 is 11.8 Å². The van der Waals surface area contributed by atoms with Crippen LogP contribution in [-0.2, 0) is 9.59 Å². The minimum atomic E-state index is -1.41. The van der Waals surface area contributed by atoms with E-state index in [0.29, 0.717) is 0 Å². The number of hydrogen-bond donors (Lipinski definition) is 14. The van der Waals surface area contributed by atoms with Gasteiger partial charge in [-0.2, -0.15) is 0 Å². The lowest BCUT2D eigenvalue weighted by Crippen LogP contribution is -2.49. The summed E-state index contributed by atoms with van der Waals surface area (Å²) in [6.45, 7) is -7.50. The van der Waals surface area contributed by atoms with Crippen LogP contribution in [0.2, 0.25) is 0 Å². The maximum absolute atomic E-state index is 14.7. The zero-order chi connectivity index (χ0) is 47.2. The Balaban J connectivity index is 3.01. The highest BCUT2D eigenvalue weighted by Gasteiger charge is 2.39. The molecule has 14 N–H and O–H groups in total. The number of aliphatic hydroxyl groups excluding tert-OH is 10. The number of hydrogen-bond acceptors (Lipinski definition) is 16. The van der Waals surface area contributed by atoms with Crippen molar-refractivity contribution >= 4 is 182 Å². The van der Waals surface area contributed by atoms with Gasteiger partial charge in [-0.05, 0) is 136 Å². The van der Waals surface area contributed by atoms with E-state index in [1.807, 2.05) is 0 Å². The predicted molar refractivity (Wildman–Crippen MR) is 270 cm³/mol. The van der Waals surface area contributed by atoms with Gasteiger partial charge in [-0.3, -0.25) is 38.6 Å². The molecule has 0 aliphatic carbocycles. The third-order valence-electron chi connectivity index (χ3n) is 8.19. The molecule has 28 heteroatoms. The summed E-state index contributed by atoms with van der Waals surface area (Å²) in [6, 6.07) is 0. The zero-order valence-corrected chi connectivity index (χ0v) is 44.8. The third-order valence-corrected chi connectivity index (χ3v) is 14.6. The van der Waals surface area contributed by atoms with Gasteiger partial charge in [0, 0.05) is 46.4 Å². The van der Waals surface area contributed by atoms with Crippen molar-refractivity contribution in [1.82, 2.24) is 21.3 Å². The Hall–Kier alpha value is -0.760. The summed E-state index contributed by atoms with van der Waals surface area (Å²) in [4.78, 5) is 85.7. The molecule has 0 aliphatic rings. The number of halogens is 6. The van der Waals surface area contributed by atoms with Gasteiger partial charge in [0.1, 0.15) is 0 Å². The van der Waals surface area contributed by atoms with E-state index >= 15 is 0 Å². The fourth-order valence-electron chi connectivity index (χ4n) is 5.09. The highest BCUT2D eigenvalue weighted by molar-refractivity contribution is 14.1. The Labute approximate surface area is 435 Å². The molecule has 0 fully saturated rings. The number of benzene rings is 2. The Kier molecular flexibility index (Phi) is 25.7. The maximum atomic E-state index is 14.7. The largest absolute Gasteiger partial charge is 0.395 e. The number of anilines is 2. The van der Waals surface area contributed by atoms with Crippen molar-refractivity contribution in [3.8, 4) is 0 Å². The van der Waals surface area contributed by atoms with Crippen molar-refractivity contribution < 1.29 is 79.8 Å². The van der Waals surface area contributed by atoms with Crippen LogP contribution in [0.25, 0.3) is 0 Å². The highest BCUT2D eigenvalue weighted by Crippen LogP contribution is 2.40. The fraction of sp³-hybridized carbons (Fsp3) is 0.471. The van der Waals surface area contributed by atoms with Crippen LogP contribution in [0.1, 0.15) is 41.4 Å². The molecule has 22 nitrogen and oxygen atoms in total. The number of rotatable bonds is 22. The Morgan fingerprint density at radius 2 is 0.613 bits per heavy atom. The van der Waals surface area contributed by atoms with Gasteiger partial charge in [0.15, 0.2) is 0 Å². The molecule has 2 aromatic rings. The molecule has 0 radical (unpaired) electrons. The molecule has 4 unspecified atom stereocenters. The molecular formula is C34H42I6N6O16. The van der Waals surface area contributed by atoms with Crippen LogP contribution in [-0.4, -0.2) is 190 Å². The topological polar surface area (TPSA) is 359 Å². The molecule has 2 rings (SSSR count). The van der Waals surface area contributed by atoms with E-state index in [1.165, 1.54) is 0 Å². The van der Waals surface area contributed by atoms with Crippen LogP contribution in [0.5, 0.6) is 0 Å². The minimum absolute atomic E-state index is 0.00869. The number of nitrogens with one attached hydrogen (secondary N) is 4. The molecule has 0 saturated heterocycles. The first-order chi connectivity index (χ1) is 29.2. The van der Waals surface area contributed by atoms with Crippen molar-refractivity contribution in [3.63, 3.8) is 0 Å². The summed E-state index contributed by atoms with van der Waals surface area (Å²) in [5.74, 6) is -6.39. The number of nitrogens with zero attached hydrogens (tertiary/aromatic N) is 2. The standard InChI is InChI=1S/C34H42I6N6O16/c35-21-17(29(57)41-5-13(53)9-49)23(37)27(24(38)18(21)30(58)42-6-14(54)10-50)45(1-3-47)33(61)34(62)46(2-4-48)28-25(39)19(31(59)43-7-15(55)11-51)22(36)20(26(28)40)32(60)44-8-16(56)12-52/h13-16,47-56H,1-12H2,(H,41,57)(H,42,58)(H,43,59)(H,44,60). The molecule has 0 heterocycles. The minimum Gasteiger partial charge on any atom is -0.395 e. The van der Waals surface area contributed by atoms with E-state index in [2.05, 4.69) is 21.3 Å². The van der Waals surface area contributed by atoms with Crippen LogP contribution in [0.4, 0.5) is 11.4 Å². The molecule has 6 amide bonds. The van der Waals surface area contributed by atoms with E-state index in [0.717, 1.165) is 9.80 Å². The van der Waals surface area contributed by atoms with Gasteiger partial charge < -0.3 is 72.3 Å². The average molecular weight is 1550 g/mol. The monoisotopic (exact) mass is 1550 g/mol. The predicted octanol–water partition coefficient (Wildman–Crippen LogP) is -3.00. The summed E-state index contributed by atoms with van der Waals surface area (Å²) in [7, 11) is 0. The van der Waals surface area contributed by atoms with Crippen LogP contribution < -0.4 is 31.1 Å². The molecule has 0 saturated carbocycles. The second-order valence-corrected chi connectivity index (χ2v) is 19.1. The third kappa shape index (κ3) is 14.6. The van der Waals surface area contributed by atoms with Crippen molar-refractivity contribution in [2.75, 3.05) is 88.7 Å². The SMILES string of the molecule is O=C(NCC(O)CO)c1c(I)c(C(=O)NCC(O)CO)c(I)c(N(CCO)C(=O)C(=O)N(CCO)c2c(I)c(C(=O)NCC(O)CO)c(I)c(C(=O)NCC(O)CO)c2I)c1I. The normalized spacial score (nSPS) is 13.1. The highest BCUT2D eigenvalue weighted by atomic mass is 127. The Morgan fingerprint density at radius 3 is 0.790 bits per heavy atom.